The standard InChI is InChI=1S/C13H13ClFNO4/c14-9-6-8(3-4-10(9)15)20-7-12(17)16-5-1-2-11(16)13(18)19/h3-4,6,11H,1-2,5,7H2,(H,18,19). The van der Waals surface area contributed by atoms with Gasteiger partial charge in [0.2, 0.25) is 0 Å². The lowest BCUT2D eigenvalue weighted by molar-refractivity contribution is -0.148. The minimum atomic E-state index is -1.01. The fourth-order valence-corrected chi connectivity index (χ4v) is 2.29. The molecule has 7 heteroatoms. The highest BCUT2D eigenvalue weighted by atomic mass is 35.5. The predicted molar refractivity (Wildman–Crippen MR) is 69.3 cm³/mol. The zero-order chi connectivity index (χ0) is 14.7. The van der Waals surface area contributed by atoms with Gasteiger partial charge in [-0.1, -0.05) is 11.6 Å². The number of hydrogen-bond donors (Lipinski definition) is 1. The molecule has 1 fully saturated rings. The molecule has 1 amide bonds. The van der Waals surface area contributed by atoms with Crippen LogP contribution >= 0.6 is 11.6 Å². The highest BCUT2D eigenvalue weighted by Gasteiger charge is 2.33. The number of benzene rings is 1. The first-order valence-electron chi connectivity index (χ1n) is 6.09. The molecule has 1 saturated heterocycles. The molecule has 1 unspecified atom stereocenters. The molecule has 0 bridgehead atoms. The van der Waals surface area contributed by atoms with Crippen molar-refractivity contribution < 1.29 is 23.8 Å². The van der Waals surface area contributed by atoms with Crippen LogP contribution in [0.3, 0.4) is 0 Å². The second-order valence-electron chi connectivity index (χ2n) is 4.45. The fourth-order valence-electron chi connectivity index (χ4n) is 2.12. The van der Waals surface area contributed by atoms with Gasteiger partial charge in [-0.3, -0.25) is 4.79 Å². The van der Waals surface area contributed by atoms with E-state index >= 15 is 0 Å². The first-order chi connectivity index (χ1) is 9.49. The van der Waals surface area contributed by atoms with Crippen LogP contribution in [0, 0.1) is 5.82 Å². The second kappa shape index (κ2) is 6.09. The first-order valence-corrected chi connectivity index (χ1v) is 6.47. The lowest BCUT2D eigenvalue weighted by atomic mass is 10.2. The van der Waals surface area contributed by atoms with E-state index < -0.39 is 23.7 Å². The van der Waals surface area contributed by atoms with Crippen LogP contribution in [0.2, 0.25) is 5.02 Å². The molecule has 0 radical (unpaired) electrons. The quantitative estimate of drug-likeness (QED) is 0.923. The monoisotopic (exact) mass is 301 g/mol. The minimum absolute atomic E-state index is 0.0977. The van der Waals surface area contributed by atoms with Crippen molar-refractivity contribution in [3.05, 3.63) is 29.0 Å². The zero-order valence-corrected chi connectivity index (χ0v) is 11.3. The van der Waals surface area contributed by atoms with Gasteiger partial charge in [0, 0.05) is 12.6 Å². The zero-order valence-electron chi connectivity index (χ0n) is 10.5. The Hall–Kier alpha value is -1.82. The summed E-state index contributed by atoms with van der Waals surface area (Å²) in [6, 6.07) is 2.97. The van der Waals surface area contributed by atoms with Crippen molar-refractivity contribution in [3.8, 4) is 5.75 Å². The molecule has 1 atom stereocenters. The van der Waals surface area contributed by atoms with Gasteiger partial charge in [0.25, 0.3) is 5.91 Å². The summed E-state index contributed by atoms with van der Waals surface area (Å²) >= 11 is 5.59. The maximum atomic E-state index is 13.0. The Kier molecular flexibility index (Phi) is 4.44. The van der Waals surface area contributed by atoms with Crippen molar-refractivity contribution in [2.24, 2.45) is 0 Å². The number of hydrogen-bond acceptors (Lipinski definition) is 3. The molecule has 0 aromatic heterocycles. The van der Waals surface area contributed by atoms with Crippen molar-refractivity contribution in [2.45, 2.75) is 18.9 Å². The van der Waals surface area contributed by atoms with Crippen molar-refractivity contribution in [1.82, 2.24) is 4.90 Å². The summed E-state index contributed by atoms with van der Waals surface area (Å²) in [6.07, 6.45) is 1.11. The number of aliphatic carboxylic acids is 1. The molecule has 1 N–H and O–H groups in total. The Balaban J connectivity index is 1.94. The van der Waals surface area contributed by atoms with E-state index in [1.54, 1.807) is 0 Å². The smallest absolute Gasteiger partial charge is 0.326 e. The fraction of sp³-hybridized carbons (Fsp3) is 0.385. The van der Waals surface area contributed by atoms with Gasteiger partial charge in [0.1, 0.15) is 17.6 Å². The van der Waals surface area contributed by atoms with E-state index in [2.05, 4.69) is 0 Å². The Bertz CT molecular complexity index is 537. The van der Waals surface area contributed by atoms with Crippen LogP contribution in [0.4, 0.5) is 4.39 Å². The molecule has 1 aromatic carbocycles. The third-order valence-corrected chi connectivity index (χ3v) is 3.40. The molecule has 1 aliphatic rings. The summed E-state index contributed by atoms with van der Waals surface area (Å²) < 4.78 is 18.2. The van der Waals surface area contributed by atoms with Crippen LogP contribution in [0.5, 0.6) is 5.75 Å². The molecular weight excluding hydrogens is 289 g/mol. The summed E-state index contributed by atoms with van der Waals surface area (Å²) in [5, 5.41) is 8.89. The van der Waals surface area contributed by atoms with Gasteiger partial charge in [0.05, 0.1) is 5.02 Å². The van der Waals surface area contributed by atoms with E-state index in [9.17, 15) is 14.0 Å². The summed E-state index contributed by atoms with van der Waals surface area (Å²) in [5.74, 6) is -1.73. The number of carbonyl (C=O) groups excluding carboxylic acids is 1. The lowest BCUT2D eigenvalue weighted by Crippen LogP contribution is -2.42. The van der Waals surface area contributed by atoms with E-state index in [0.29, 0.717) is 19.4 Å². The first kappa shape index (κ1) is 14.6. The van der Waals surface area contributed by atoms with E-state index in [0.717, 1.165) is 6.07 Å². The molecule has 5 nitrogen and oxygen atoms in total. The average molecular weight is 302 g/mol. The summed E-state index contributed by atoms with van der Waals surface area (Å²) in [4.78, 5) is 24.2. The maximum Gasteiger partial charge on any atom is 0.326 e. The largest absolute Gasteiger partial charge is 0.484 e. The predicted octanol–water partition coefficient (Wildman–Crippen LogP) is 1.93. The van der Waals surface area contributed by atoms with Crippen molar-refractivity contribution in [1.29, 1.82) is 0 Å². The van der Waals surface area contributed by atoms with Gasteiger partial charge >= 0.3 is 5.97 Å². The van der Waals surface area contributed by atoms with Gasteiger partial charge in [-0.25, -0.2) is 9.18 Å². The number of carboxylic acid groups (broad SMARTS) is 1. The second-order valence-corrected chi connectivity index (χ2v) is 4.86. The van der Waals surface area contributed by atoms with E-state index in [-0.39, 0.29) is 17.4 Å². The molecule has 2 rings (SSSR count). The van der Waals surface area contributed by atoms with Crippen molar-refractivity contribution >= 4 is 23.5 Å². The average Bonchev–Trinajstić information content (AvgIpc) is 2.89. The van der Waals surface area contributed by atoms with Crippen LogP contribution in [0.1, 0.15) is 12.8 Å². The number of amides is 1. The number of ether oxygens (including phenoxy) is 1. The van der Waals surface area contributed by atoms with Crippen LogP contribution < -0.4 is 4.74 Å². The Morgan fingerprint density at radius 1 is 1.50 bits per heavy atom. The summed E-state index contributed by atoms with van der Waals surface area (Å²) in [5.41, 5.74) is 0. The molecule has 0 spiro atoms. The SMILES string of the molecule is O=C(O)C1CCCN1C(=O)COc1ccc(F)c(Cl)c1. The van der Waals surface area contributed by atoms with Gasteiger partial charge < -0.3 is 14.7 Å². The molecule has 0 aliphatic carbocycles. The van der Waals surface area contributed by atoms with E-state index in [1.807, 2.05) is 0 Å². The topological polar surface area (TPSA) is 66.8 Å². The Morgan fingerprint density at radius 2 is 2.25 bits per heavy atom. The molecule has 20 heavy (non-hydrogen) atoms. The molecule has 1 aliphatic heterocycles. The van der Waals surface area contributed by atoms with Crippen LogP contribution in [-0.4, -0.2) is 41.1 Å². The van der Waals surface area contributed by atoms with Gasteiger partial charge in [-0.05, 0) is 25.0 Å². The number of carbonyl (C=O) groups is 2. The van der Waals surface area contributed by atoms with Crippen molar-refractivity contribution in [3.63, 3.8) is 0 Å². The third-order valence-electron chi connectivity index (χ3n) is 3.11. The Morgan fingerprint density at radius 3 is 2.90 bits per heavy atom. The highest BCUT2D eigenvalue weighted by molar-refractivity contribution is 6.30. The molecule has 0 saturated carbocycles. The minimum Gasteiger partial charge on any atom is -0.484 e. The highest BCUT2D eigenvalue weighted by Crippen LogP contribution is 2.22. The van der Waals surface area contributed by atoms with Gasteiger partial charge in [-0.15, -0.1) is 0 Å². The summed E-state index contributed by atoms with van der Waals surface area (Å²) in [7, 11) is 0. The van der Waals surface area contributed by atoms with E-state index in [4.69, 9.17) is 21.4 Å². The number of rotatable bonds is 4. The number of likely N-dealkylation sites (tertiary alicyclic amines) is 1. The number of carboxylic acids is 1. The molecule has 1 heterocycles. The summed E-state index contributed by atoms with van der Waals surface area (Å²) in [6.45, 7) is 0.106. The maximum absolute atomic E-state index is 13.0. The lowest BCUT2D eigenvalue weighted by Gasteiger charge is -2.21. The number of nitrogens with zero attached hydrogens (tertiary/aromatic N) is 1. The van der Waals surface area contributed by atoms with E-state index in [1.165, 1.54) is 17.0 Å². The van der Waals surface area contributed by atoms with Gasteiger partial charge in [-0.2, -0.15) is 0 Å². The Labute approximate surface area is 119 Å². The van der Waals surface area contributed by atoms with Gasteiger partial charge in [0.15, 0.2) is 6.61 Å². The van der Waals surface area contributed by atoms with Crippen LogP contribution in [0.15, 0.2) is 18.2 Å². The van der Waals surface area contributed by atoms with Crippen molar-refractivity contribution in [2.75, 3.05) is 13.2 Å². The van der Waals surface area contributed by atoms with Crippen LogP contribution in [0.25, 0.3) is 0 Å². The number of halogens is 2. The third kappa shape index (κ3) is 3.19. The normalized spacial score (nSPS) is 18.1. The molecular formula is C13H13ClFNO4. The molecule has 108 valence electrons. The molecule has 1 aromatic rings. The van der Waals surface area contributed by atoms with Crippen LogP contribution in [-0.2, 0) is 9.59 Å².